The highest BCUT2D eigenvalue weighted by atomic mass is 16.6. The van der Waals surface area contributed by atoms with E-state index in [-0.39, 0.29) is 12.8 Å². The molecular weight excluding hydrogens is 232 g/mol. The zero-order valence-electron chi connectivity index (χ0n) is 10.5. The first kappa shape index (κ1) is 12.9. The second-order valence-corrected chi connectivity index (χ2v) is 4.33. The molecule has 0 spiro atoms. The Kier molecular flexibility index (Phi) is 4.55. The molecule has 1 heterocycles. The van der Waals surface area contributed by atoms with Crippen LogP contribution in [0.3, 0.4) is 0 Å². The maximum atomic E-state index is 11.6. The van der Waals surface area contributed by atoms with Crippen molar-refractivity contribution in [1.29, 1.82) is 0 Å². The van der Waals surface area contributed by atoms with Crippen molar-refractivity contribution >= 4 is 6.09 Å². The van der Waals surface area contributed by atoms with Gasteiger partial charge in [-0.3, -0.25) is 10.2 Å². The average molecular weight is 250 g/mol. The van der Waals surface area contributed by atoms with Gasteiger partial charge in [0.05, 0.1) is 6.61 Å². The first-order valence-electron chi connectivity index (χ1n) is 6.01. The Morgan fingerprint density at radius 3 is 3.00 bits per heavy atom. The van der Waals surface area contributed by atoms with Gasteiger partial charge >= 0.3 is 6.09 Å². The number of carbonyl (C=O) groups excluding carboxylic acids is 1. The van der Waals surface area contributed by atoms with Gasteiger partial charge in [0.25, 0.3) is 0 Å². The summed E-state index contributed by atoms with van der Waals surface area (Å²) >= 11 is 0. The Labute approximate surface area is 107 Å². The number of rotatable bonds is 3. The van der Waals surface area contributed by atoms with E-state index in [4.69, 9.17) is 9.47 Å². The predicted octanol–water partition coefficient (Wildman–Crippen LogP) is 1.20. The topological polar surface area (TPSA) is 50.8 Å². The van der Waals surface area contributed by atoms with Crippen molar-refractivity contribution in [2.45, 2.75) is 12.8 Å². The summed E-state index contributed by atoms with van der Waals surface area (Å²) in [4.78, 5) is 13.7. The van der Waals surface area contributed by atoms with E-state index in [1.54, 1.807) is 0 Å². The molecule has 1 N–H and O–H groups in total. The van der Waals surface area contributed by atoms with E-state index in [2.05, 4.69) is 10.2 Å². The summed E-state index contributed by atoms with van der Waals surface area (Å²) in [6.07, 6.45) is -0.730. The molecule has 0 aliphatic carbocycles. The predicted molar refractivity (Wildman–Crippen MR) is 67.0 cm³/mol. The molecule has 5 nitrogen and oxygen atoms in total. The molecule has 98 valence electrons. The zero-order chi connectivity index (χ0) is 12.8. The van der Waals surface area contributed by atoms with Crippen LogP contribution in [-0.4, -0.2) is 44.0 Å². The van der Waals surface area contributed by atoms with Crippen LogP contribution in [0.25, 0.3) is 0 Å². The van der Waals surface area contributed by atoms with Gasteiger partial charge in [-0.15, -0.1) is 0 Å². The van der Waals surface area contributed by atoms with Gasteiger partial charge in [-0.05, 0) is 12.6 Å². The number of hydrogen-bond donors (Lipinski definition) is 1. The number of hydrogen-bond acceptors (Lipinski definition) is 4. The van der Waals surface area contributed by atoms with E-state index in [0.29, 0.717) is 13.2 Å². The van der Waals surface area contributed by atoms with Crippen LogP contribution in [0, 0.1) is 0 Å². The first-order chi connectivity index (χ1) is 8.74. The quantitative estimate of drug-likeness (QED) is 0.876. The minimum atomic E-state index is -0.445. The lowest BCUT2D eigenvalue weighted by Gasteiger charge is -2.30. The summed E-state index contributed by atoms with van der Waals surface area (Å²) in [5, 5.41) is 2.69. The molecule has 1 aliphatic heterocycles. The van der Waals surface area contributed by atoms with Crippen LogP contribution in [0.4, 0.5) is 4.79 Å². The summed E-state index contributed by atoms with van der Waals surface area (Å²) in [6.45, 7) is 2.47. The Hall–Kier alpha value is -1.59. The number of amides is 1. The standard InChI is InChI=1S/C13H18N2O3/c1-15-7-8-17-12(9-15)14-13(16)18-10-11-5-3-2-4-6-11/h2-6,12H,7-10H2,1H3,(H,14,16). The largest absolute Gasteiger partial charge is 0.445 e. The van der Waals surface area contributed by atoms with Gasteiger partial charge < -0.3 is 9.47 Å². The Morgan fingerprint density at radius 1 is 1.50 bits per heavy atom. The molecule has 0 aromatic heterocycles. The summed E-state index contributed by atoms with van der Waals surface area (Å²) in [6, 6.07) is 9.58. The summed E-state index contributed by atoms with van der Waals surface area (Å²) in [5.41, 5.74) is 0.967. The molecule has 0 bridgehead atoms. The fraction of sp³-hybridized carbons (Fsp3) is 0.462. The second-order valence-electron chi connectivity index (χ2n) is 4.33. The average Bonchev–Trinajstić information content (AvgIpc) is 2.38. The Morgan fingerprint density at radius 2 is 2.28 bits per heavy atom. The molecule has 2 rings (SSSR count). The molecule has 0 saturated carbocycles. The van der Waals surface area contributed by atoms with Crippen LogP contribution in [0.15, 0.2) is 30.3 Å². The number of likely N-dealkylation sites (N-methyl/N-ethyl adjacent to an activating group) is 1. The number of nitrogens with zero attached hydrogens (tertiary/aromatic N) is 1. The molecule has 18 heavy (non-hydrogen) atoms. The second kappa shape index (κ2) is 6.37. The van der Waals surface area contributed by atoms with Gasteiger partial charge in [-0.25, -0.2) is 4.79 Å². The van der Waals surface area contributed by atoms with E-state index in [1.165, 1.54) is 0 Å². The van der Waals surface area contributed by atoms with E-state index in [0.717, 1.165) is 12.1 Å². The maximum absolute atomic E-state index is 11.6. The van der Waals surface area contributed by atoms with Crippen molar-refractivity contribution in [3.05, 3.63) is 35.9 Å². The molecule has 1 fully saturated rings. The monoisotopic (exact) mass is 250 g/mol. The Bertz CT molecular complexity index is 383. The normalized spacial score (nSPS) is 20.4. The lowest BCUT2D eigenvalue weighted by atomic mass is 10.2. The fourth-order valence-corrected chi connectivity index (χ4v) is 1.76. The number of alkyl carbamates (subject to hydrolysis) is 1. The molecule has 1 unspecified atom stereocenters. The molecule has 0 radical (unpaired) electrons. The molecule has 1 aromatic carbocycles. The zero-order valence-corrected chi connectivity index (χ0v) is 10.5. The highest BCUT2D eigenvalue weighted by molar-refractivity contribution is 5.67. The molecule has 1 atom stereocenters. The minimum Gasteiger partial charge on any atom is -0.445 e. The number of nitrogens with one attached hydrogen (secondary N) is 1. The van der Waals surface area contributed by atoms with Crippen molar-refractivity contribution in [3.8, 4) is 0 Å². The summed E-state index contributed by atoms with van der Waals surface area (Å²) < 4.78 is 10.5. The van der Waals surface area contributed by atoms with Gasteiger partial charge in [0.1, 0.15) is 12.8 Å². The van der Waals surface area contributed by atoms with Crippen molar-refractivity contribution in [3.63, 3.8) is 0 Å². The van der Waals surface area contributed by atoms with Crippen LogP contribution in [0.5, 0.6) is 0 Å². The molecule has 1 aromatic rings. The highest BCUT2D eigenvalue weighted by Gasteiger charge is 2.19. The highest BCUT2D eigenvalue weighted by Crippen LogP contribution is 2.03. The van der Waals surface area contributed by atoms with Crippen LogP contribution in [0.2, 0.25) is 0 Å². The van der Waals surface area contributed by atoms with E-state index < -0.39 is 6.09 Å². The van der Waals surface area contributed by atoms with Crippen molar-refractivity contribution in [2.24, 2.45) is 0 Å². The van der Waals surface area contributed by atoms with E-state index in [1.807, 2.05) is 37.4 Å². The molecular formula is C13H18N2O3. The van der Waals surface area contributed by atoms with Gasteiger partial charge in [0.15, 0.2) is 0 Å². The molecule has 1 saturated heterocycles. The van der Waals surface area contributed by atoms with Crippen LogP contribution < -0.4 is 5.32 Å². The van der Waals surface area contributed by atoms with Gasteiger partial charge in [-0.1, -0.05) is 30.3 Å². The van der Waals surface area contributed by atoms with Crippen molar-refractivity contribution < 1.29 is 14.3 Å². The van der Waals surface area contributed by atoms with Crippen LogP contribution in [-0.2, 0) is 16.1 Å². The molecule has 1 aliphatic rings. The third kappa shape index (κ3) is 4.01. The first-order valence-corrected chi connectivity index (χ1v) is 6.01. The maximum Gasteiger partial charge on any atom is 0.409 e. The fourth-order valence-electron chi connectivity index (χ4n) is 1.76. The van der Waals surface area contributed by atoms with Crippen LogP contribution >= 0.6 is 0 Å². The van der Waals surface area contributed by atoms with Gasteiger partial charge in [0, 0.05) is 13.1 Å². The molecule has 5 heteroatoms. The number of benzene rings is 1. The Balaban J connectivity index is 1.72. The van der Waals surface area contributed by atoms with Gasteiger partial charge in [0.2, 0.25) is 0 Å². The summed E-state index contributed by atoms with van der Waals surface area (Å²) in [7, 11) is 1.99. The van der Waals surface area contributed by atoms with E-state index >= 15 is 0 Å². The molecule has 1 amide bonds. The third-order valence-corrected chi connectivity index (χ3v) is 2.76. The van der Waals surface area contributed by atoms with Crippen molar-refractivity contribution in [2.75, 3.05) is 26.7 Å². The number of carbonyl (C=O) groups is 1. The minimum absolute atomic E-state index is 0.273. The third-order valence-electron chi connectivity index (χ3n) is 2.76. The van der Waals surface area contributed by atoms with E-state index in [9.17, 15) is 4.79 Å². The SMILES string of the molecule is CN1CCOC(NC(=O)OCc2ccccc2)C1. The lowest BCUT2D eigenvalue weighted by molar-refractivity contribution is -0.0362. The lowest BCUT2D eigenvalue weighted by Crippen LogP contribution is -2.49. The smallest absolute Gasteiger partial charge is 0.409 e. The number of morpholine rings is 1. The summed E-state index contributed by atoms with van der Waals surface area (Å²) in [5.74, 6) is 0. The van der Waals surface area contributed by atoms with Crippen molar-refractivity contribution in [1.82, 2.24) is 10.2 Å². The van der Waals surface area contributed by atoms with Crippen LogP contribution in [0.1, 0.15) is 5.56 Å². The van der Waals surface area contributed by atoms with Gasteiger partial charge in [-0.2, -0.15) is 0 Å². The number of ether oxygens (including phenoxy) is 2.